The molecule has 0 spiro atoms. The van der Waals surface area contributed by atoms with Gasteiger partial charge in [0, 0.05) is 44.9 Å². The Balaban J connectivity index is 1.98. The van der Waals surface area contributed by atoms with E-state index < -0.39 is 0 Å². The zero-order chi connectivity index (χ0) is 13.8. The molecule has 0 bridgehead atoms. The van der Waals surface area contributed by atoms with Gasteiger partial charge in [0.2, 0.25) is 0 Å². The van der Waals surface area contributed by atoms with E-state index in [1.54, 1.807) is 12.1 Å². The molecule has 0 radical (unpaired) electrons. The van der Waals surface area contributed by atoms with Crippen LogP contribution in [-0.2, 0) is 6.54 Å². The molecule has 104 valence electrons. The quantitative estimate of drug-likeness (QED) is 0.616. The Kier molecular flexibility index (Phi) is 4.50. The maximum atomic E-state index is 10.7. The Morgan fingerprint density at radius 2 is 1.84 bits per heavy atom. The second kappa shape index (κ2) is 6.12. The van der Waals surface area contributed by atoms with Gasteiger partial charge in [0.1, 0.15) is 0 Å². The highest BCUT2D eigenvalue weighted by Crippen LogP contribution is 2.19. The Labute approximate surface area is 114 Å². The Bertz CT molecular complexity index is 454. The first kappa shape index (κ1) is 14.0. The van der Waals surface area contributed by atoms with Gasteiger partial charge in [-0.1, -0.05) is 13.0 Å². The average molecular weight is 263 g/mol. The maximum Gasteiger partial charge on any atom is 0.269 e. The van der Waals surface area contributed by atoms with Gasteiger partial charge in [0.05, 0.1) is 4.92 Å². The highest BCUT2D eigenvalue weighted by atomic mass is 16.6. The number of non-ortho nitro benzene ring substituents is 1. The molecule has 0 unspecified atom stereocenters. The van der Waals surface area contributed by atoms with Crippen molar-refractivity contribution in [2.24, 2.45) is 0 Å². The molecule has 0 amide bonds. The van der Waals surface area contributed by atoms with Crippen LogP contribution in [0.2, 0.25) is 0 Å². The van der Waals surface area contributed by atoms with Crippen molar-refractivity contribution in [2.45, 2.75) is 20.4 Å². The fraction of sp³-hybridized carbons (Fsp3) is 0.571. The van der Waals surface area contributed by atoms with Gasteiger partial charge < -0.3 is 4.90 Å². The number of nitrogens with zero attached hydrogens (tertiary/aromatic N) is 3. The number of aryl methyl sites for hydroxylation is 1. The van der Waals surface area contributed by atoms with E-state index in [1.165, 1.54) is 5.56 Å². The van der Waals surface area contributed by atoms with Gasteiger partial charge in [-0.15, -0.1) is 0 Å². The van der Waals surface area contributed by atoms with Crippen molar-refractivity contribution >= 4 is 5.69 Å². The molecule has 0 aromatic heterocycles. The van der Waals surface area contributed by atoms with Crippen LogP contribution in [0.1, 0.15) is 18.1 Å². The topological polar surface area (TPSA) is 49.6 Å². The summed E-state index contributed by atoms with van der Waals surface area (Å²) in [5.41, 5.74) is 2.37. The average Bonchev–Trinajstić information content (AvgIpc) is 2.41. The largest absolute Gasteiger partial charge is 0.301 e. The van der Waals surface area contributed by atoms with Gasteiger partial charge >= 0.3 is 0 Å². The van der Waals surface area contributed by atoms with Gasteiger partial charge in [-0.3, -0.25) is 15.0 Å². The number of nitro groups is 1. The smallest absolute Gasteiger partial charge is 0.269 e. The Morgan fingerprint density at radius 3 is 2.37 bits per heavy atom. The number of benzene rings is 1. The van der Waals surface area contributed by atoms with Crippen molar-refractivity contribution in [1.29, 1.82) is 0 Å². The maximum absolute atomic E-state index is 10.7. The van der Waals surface area contributed by atoms with Crippen LogP contribution in [0.25, 0.3) is 0 Å². The standard InChI is InChI=1S/C14H21N3O2/c1-3-15-6-8-16(9-7-15)11-13-4-5-14(17(18)19)10-12(13)2/h4-5,10H,3,6-9,11H2,1-2H3. The fourth-order valence-corrected chi connectivity index (χ4v) is 2.48. The van der Waals surface area contributed by atoms with Gasteiger partial charge in [0.15, 0.2) is 0 Å². The minimum absolute atomic E-state index is 0.178. The van der Waals surface area contributed by atoms with Crippen LogP contribution in [0.3, 0.4) is 0 Å². The summed E-state index contributed by atoms with van der Waals surface area (Å²) in [5.74, 6) is 0. The lowest BCUT2D eigenvalue weighted by molar-refractivity contribution is -0.384. The number of rotatable bonds is 4. The SMILES string of the molecule is CCN1CCN(Cc2ccc([N+](=O)[O-])cc2C)CC1. The Hall–Kier alpha value is -1.46. The predicted molar refractivity (Wildman–Crippen MR) is 75.2 cm³/mol. The van der Waals surface area contributed by atoms with Crippen LogP contribution in [0.4, 0.5) is 5.69 Å². The molecule has 5 nitrogen and oxygen atoms in total. The van der Waals surface area contributed by atoms with E-state index in [0.29, 0.717) is 0 Å². The second-order valence-corrected chi connectivity index (χ2v) is 5.08. The van der Waals surface area contributed by atoms with E-state index in [0.717, 1.165) is 44.8 Å². The zero-order valence-corrected chi connectivity index (χ0v) is 11.6. The van der Waals surface area contributed by atoms with Crippen LogP contribution in [0, 0.1) is 17.0 Å². The van der Waals surface area contributed by atoms with Gasteiger partial charge in [-0.25, -0.2) is 0 Å². The van der Waals surface area contributed by atoms with Gasteiger partial charge in [0.25, 0.3) is 5.69 Å². The second-order valence-electron chi connectivity index (χ2n) is 5.08. The summed E-state index contributed by atoms with van der Waals surface area (Å²) in [5, 5.41) is 10.7. The molecule has 0 saturated carbocycles. The third kappa shape index (κ3) is 3.52. The number of hydrogen-bond donors (Lipinski definition) is 0. The van der Waals surface area contributed by atoms with Crippen LogP contribution in [-0.4, -0.2) is 47.4 Å². The lowest BCUT2D eigenvalue weighted by Crippen LogP contribution is -2.45. The van der Waals surface area contributed by atoms with Crippen molar-refractivity contribution in [3.63, 3.8) is 0 Å². The van der Waals surface area contributed by atoms with Crippen molar-refractivity contribution in [2.75, 3.05) is 32.7 Å². The molecule has 1 heterocycles. The minimum Gasteiger partial charge on any atom is -0.301 e. The summed E-state index contributed by atoms with van der Waals surface area (Å²) in [6, 6.07) is 5.15. The third-order valence-electron chi connectivity index (χ3n) is 3.84. The predicted octanol–water partition coefficient (Wildman–Crippen LogP) is 2.04. The summed E-state index contributed by atoms with van der Waals surface area (Å²) in [6.07, 6.45) is 0. The first-order valence-corrected chi connectivity index (χ1v) is 6.78. The first-order valence-electron chi connectivity index (χ1n) is 6.78. The normalized spacial score (nSPS) is 17.6. The molecule has 0 aliphatic carbocycles. The monoisotopic (exact) mass is 263 g/mol. The van der Waals surface area contributed by atoms with Crippen molar-refractivity contribution in [1.82, 2.24) is 9.80 Å². The van der Waals surface area contributed by atoms with Gasteiger partial charge in [-0.05, 0) is 24.6 Å². The molecule has 1 aromatic carbocycles. The molecule has 1 aliphatic heterocycles. The van der Waals surface area contributed by atoms with Gasteiger partial charge in [-0.2, -0.15) is 0 Å². The van der Waals surface area contributed by atoms with Crippen LogP contribution in [0.5, 0.6) is 0 Å². The fourth-order valence-electron chi connectivity index (χ4n) is 2.48. The molecule has 1 fully saturated rings. The molecule has 0 N–H and O–H groups in total. The lowest BCUT2D eigenvalue weighted by Gasteiger charge is -2.34. The van der Waals surface area contributed by atoms with Crippen LogP contribution >= 0.6 is 0 Å². The summed E-state index contributed by atoms with van der Waals surface area (Å²) in [4.78, 5) is 15.2. The van der Waals surface area contributed by atoms with E-state index in [9.17, 15) is 10.1 Å². The summed E-state index contributed by atoms with van der Waals surface area (Å²) >= 11 is 0. The lowest BCUT2D eigenvalue weighted by atomic mass is 10.1. The van der Waals surface area contributed by atoms with E-state index in [1.807, 2.05) is 13.0 Å². The highest BCUT2D eigenvalue weighted by molar-refractivity contribution is 5.39. The van der Waals surface area contributed by atoms with Crippen molar-refractivity contribution in [3.05, 3.63) is 39.4 Å². The number of nitro benzene ring substituents is 1. The van der Waals surface area contributed by atoms with E-state index in [4.69, 9.17) is 0 Å². The molecule has 0 atom stereocenters. The number of hydrogen-bond acceptors (Lipinski definition) is 4. The van der Waals surface area contributed by atoms with E-state index >= 15 is 0 Å². The van der Waals surface area contributed by atoms with Crippen molar-refractivity contribution in [3.8, 4) is 0 Å². The molecule has 5 heteroatoms. The van der Waals surface area contributed by atoms with Crippen LogP contribution < -0.4 is 0 Å². The zero-order valence-electron chi connectivity index (χ0n) is 11.6. The van der Waals surface area contributed by atoms with E-state index in [-0.39, 0.29) is 10.6 Å². The first-order chi connectivity index (χ1) is 9.10. The molecule has 19 heavy (non-hydrogen) atoms. The number of piperazine rings is 1. The molecule has 1 saturated heterocycles. The molecule has 1 aliphatic rings. The highest BCUT2D eigenvalue weighted by Gasteiger charge is 2.17. The number of likely N-dealkylation sites (N-methyl/N-ethyl adjacent to an activating group) is 1. The molecular weight excluding hydrogens is 242 g/mol. The molecule has 2 rings (SSSR count). The summed E-state index contributed by atoms with van der Waals surface area (Å²) < 4.78 is 0. The summed E-state index contributed by atoms with van der Waals surface area (Å²) in [7, 11) is 0. The van der Waals surface area contributed by atoms with Crippen LogP contribution in [0.15, 0.2) is 18.2 Å². The summed E-state index contributed by atoms with van der Waals surface area (Å²) in [6.45, 7) is 10.5. The molecular formula is C14H21N3O2. The van der Waals surface area contributed by atoms with Crippen molar-refractivity contribution < 1.29 is 4.92 Å². The Morgan fingerprint density at radius 1 is 1.21 bits per heavy atom. The third-order valence-corrected chi connectivity index (χ3v) is 3.84. The minimum atomic E-state index is -0.337. The van der Waals surface area contributed by atoms with E-state index in [2.05, 4.69) is 16.7 Å². The molecule has 1 aromatic rings.